The van der Waals surface area contributed by atoms with Crippen LogP contribution < -0.4 is 0 Å². The van der Waals surface area contributed by atoms with Crippen LogP contribution in [0.2, 0.25) is 0 Å². The van der Waals surface area contributed by atoms with Gasteiger partial charge in [-0.3, -0.25) is 4.57 Å². The highest BCUT2D eigenvalue weighted by Gasteiger charge is 2.31. The Morgan fingerprint density at radius 1 is 1.73 bits per heavy atom. The average Bonchev–Trinajstić information content (AvgIpc) is 2.70. The number of esters is 1. The number of hydrogen-bond acceptors (Lipinski definition) is 4. The maximum absolute atomic E-state index is 11.3. The highest BCUT2D eigenvalue weighted by atomic mass is 16.7. The summed E-state index contributed by atoms with van der Waals surface area (Å²) in [6, 6.07) is 0. The number of carbonyl (C=O) groups excluding carboxylic acids is 1. The van der Waals surface area contributed by atoms with E-state index in [4.69, 9.17) is 4.74 Å². The van der Waals surface area contributed by atoms with Crippen LogP contribution in [-0.4, -0.2) is 20.6 Å². The Balaban J connectivity index is 2.87. The molecule has 0 spiro atoms. The molecule has 0 fully saturated rings. The van der Waals surface area contributed by atoms with Gasteiger partial charge in [0.15, 0.2) is 0 Å². The highest BCUT2D eigenvalue weighted by Crippen LogP contribution is 2.19. The molecule has 0 bridgehead atoms. The van der Waals surface area contributed by atoms with Crippen molar-refractivity contribution < 1.29 is 14.6 Å². The number of hydrogen-bond donors (Lipinski definition) is 1. The summed E-state index contributed by atoms with van der Waals surface area (Å²) in [7, 11) is 0. The second kappa shape index (κ2) is 4.27. The fourth-order valence-electron chi connectivity index (χ4n) is 1.01. The van der Waals surface area contributed by atoms with Crippen LogP contribution in [0.25, 0.3) is 0 Å². The minimum atomic E-state index is -1.69. The van der Waals surface area contributed by atoms with E-state index >= 15 is 0 Å². The standard InChI is InChI=1S/C10H14N2O3/c1-4-10(14,12-6-5-11-7-12)15-9(13)8(2)3/h5-7,14H,2,4H2,1,3H3. The maximum atomic E-state index is 11.3. The summed E-state index contributed by atoms with van der Waals surface area (Å²) in [4.78, 5) is 15.1. The van der Waals surface area contributed by atoms with Crippen molar-refractivity contribution in [3.05, 3.63) is 30.9 Å². The fourth-order valence-corrected chi connectivity index (χ4v) is 1.01. The lowest BCUT2D eigenvalue weighted by molar-refractivity contribution is -0.251. The van der Waals surface area contributed by atoms with Crippen LogP contribution in [0.15, 0.2) is 30.9 Å². The predicted octanol–water partition coefficient (Wildman–Crippen LogP) is 1.01. The summed E-state index contributed by atoms with van der Waals surface area (Å²) in [5.41, 5.74) is 0.238. The Hall–Kier alpha value is -1.62. The van der Waals surface area contributed by atoms with Crippen LogP contribution >= 0.6 is 0 Å². The molecule has 1 atom stereocenters. The molecule has 1 unspecified atom stereocenters. The van der Waals surface area contributed by atoms with Gasteiger partial charge in [0.2, 0.25) is 0 Å². The lowest BCUT2D eigenvalue weighted by Crippen LogP contribution is -2.37. The largest absolute Gasteiger partial charge is 0.410 e. The van der Waals surface area contributed by atoms with E-state index in [0.717, 1.165) is 0 Å². The van der Waals surface area contributed by atoms with Crippen molar-refractivity contribution in [3.8, 4) is 0 Å². The smallest absolute Gasteiger partial charge is 0.336 e. The molecule has 15 heavy (non-hydrogen) atoms. The number of carbonyl (C=O) groups is 1. The third kappa shape index (κ3) is 2.44. The monoisotopic (exact) mass is 210 g/mol. The van der Waals surface area contributed by atoms with Crippen LogP contribution in [0.3, 0.4) is 0 Å². The second-order valence-corrected chi connectivity index (χ2v) is 3.24. The van der Waals surface area contributed by atoms with E-state index in [0.29, 0.717) is 0 Å². The number of rotatable bonds is 4. The van der Waals surface area contributed by atoms with Gasteiger partial charge in [0.05, 0.1) is 6.33 Å². The van der Waals surface area contributed by atoms with E-state index in [9.17, 15) is 9.90 Å². The Morgan fingerprint density at radius 3 is 2.80 bits per heavy atom. The van der Waals surface area contributed by atoms with Crippen molar-refractivity contribution in [1.82, 2.24) is 9.55 Å². The number of aromatic nitrogens is 2. The van der Waals surface area contributed by atoms with Gasteiger partial charge in [0, 0.05) is 24.4 Å². The molecule has 0 aromatic carbocycles. The lowest BCUT2D eigenvalue weighted by Gasteiger charge is -2.27. The fraction of sp³-hybridized carbons (Fsp3) is 0.400. The van der Waals surface area contributed by atoms with Gasteiger partial charge in [0.1, 0.15) is 0 Å². The van der Waals surface area contributed by atoms with Gasteiger partial charge in [-0.25, -0.2) is 9.78 Å². The molecule has 0 saturated heterocycles. The third-order valence-electron chi connectivity index (χ3n) is 1.97. The van der Waals surface area contributed by atoms with Gasteiger partial charge >= 0.3 is 5.97 Å². The van der Waals surface area contributed by atoms with Crippen molar-refractivity contribution in [1.29, 1.82) is 0 Å². The maximum Gasteiger partial charge on any atom is 0.336 e. The third-order valence-corrected chi connectivity index (χ3v) is 1.97. The van der Waals surface area contributed by atoms with Gasteiger partial charge in [-0.1, -0.05) is 13.5 Å². The minimum Gasteiger partial charge on any atom is -0.410 e. The SMILES string of the molecule is C=C(C)C(=O)OC(O)(CC)n1ccnc1. The van der Waals surface area contributed by atoms with Crippen LogP contribution in [0.5, 0.6) is 0 Å². The molecule has 1 aromatic rings. The Kier molecular flexibility index (Phi) is 3.26. The zero-order chi connectivity index (χ0) is 11.5. The van der Waals surface area contributed by atoms with Crippen molar-refractivity contribution in [2.24, 2.45) is 0 Å². The topological polar surface area (TPSA) is 64.3 Å². The molecule has 0 amide bonds. The zero-order valence-corrected chi connectivity index (χ0v) is 8.80. The van der Waals surface area contributed by atoms with E-state index in [2.05, 4.69) is 11.6 Å². The molecule has 0 aliphatic rings. The van der Waals surface area contributed by atoms with Gasteiger partial charge in [-0.05, 0) is 6.92 Å². The Labute approximate surface area is 88.0 Å². The number of nitrogens with zero attached hydrogens (tertiary/aromatic N) is 2. The Bertz CT molecular complexity index is 359. The molecule has 1 N–H and O–H groups in total. The van der Waals surface area contributed by atoms with Crippen molar-refractivity contribution >= 4 is 5.97 Å². The number of aliphatic hydroxyl groups is 1. The molecule has 1 heterocycles. The zero-order valence-electron chi connectivity index (χ0n) is 8.80. The first-order valence-corrected chi connectivity index (χ1v) is 4.59. The summed E-state index contributed by atoms with van der Waals surface area (Å²) in [6.45, 7) is 6.66. The number of ether oxygens (including phenoxy) is 1. The number of imidazole rings is 1. The highest BCUT2D eigenvalue weighted by molar-refractivity contribution is 5.87. The van der Waals surface area contributed by atoms with Gasteiger partial charge < -0.3 is 9.84 Å². The van der Waals surface area contributed by atoms with Crippen LogP contribution in [0, 0.1) is 0 Å². The average molecular weight is 210 g/mol. The van der Waals surface area contributed by atoms with Crippen molar-refractivity contribution in [2.45, 2.75) is 26.2 Å². The molecule has 0 saturated carbocycles. The van der Waals surface area contributed by atoms with E-state index in [1.165, 1.54) is 30.2 Å². The molecule has 5 nitrogen and oxygen atoms in total. The molecule has 1 aromatic heterocycles. The lowest BCUT2D eigenvalue weighted by atomic mass is 10.3. The van der Waals surface area contributed by atoms with Crippen LogP contribution in [0.1, 0.15) is 20.3 Å². The second-order valence-electron chi connectivity index (χ2n) is 3.24. The van der Waals surface area contributed by atoms with E-state index < -0.39 is 11.9 Å². The summed E-state index contributed by atoms with van der Waals surface area (Å²) in [6.07, 6.45) is 4.63. The van der Waals surface area contributed by atoms with E-state index in [1.807, 2.05) is 0 Å². The first-order chi connectivity index (χ1) is 6.99. The van der Waals surface area contributed by atoms with Crippen molar-refractivity contribution in [3.63, 3.8) is 0 Å². The first-order valence-electron chi connectivity index (χ1n) is 4.59. The van der Waals surface area contributed by atoms with Gasteiger partial charge in [-0.15, -0.1) is 0 Å². The quantitative estimate of drug-likeness (QED) is 0.457. The summed E-state index contributed by atoms with van der Waals surface area (Å²) < 4.78 is 6.26. The molecule has 0 aliphatic carbocycles. The molecule has 1 rings (SSSR count). The van der Waals surface area contributed by atoms with Gasteiger partial charge in [-0.2, -0.15) is 0 Å². The Morgan fingerprint density at radius 2 is 2.40 bits per heavy atom. The van der Waals surface area contributed by atoms with E-state index in [1.54, 1.807) is 6.92 Å². The van der Waals surface area contributed by atoms with E-state index in [-0.39, 0.29) is 12.0 Å². The molecule has 82 valence electrons. The molecular formula is C10H14N2O3. The molecule has 0 aliphatic heterocycles. The molecule has 5 heteroatoms. The van der Waals surface area contributed by atoms with Gasteiger partial charge in [0.25, 0.3) is 5.91 Å². The predicted molar refractivity (Wildman–Crippen MR) is 53.6 cm³/mol. The minimum absolute atomic E-state index is 0.225. The van der Waals surface area contributed by atoms with Crippen molar-refractivity contribution in [2.75, 3.05) is 0 Å². The summed E-state index contributed by atoms with van der Waals surface area (Å²) in [5, 5.41) is 10.0. The normalized spacial score (nSPS) is 14.3. The molecular weight excluding hydrogens is 196 g/mol. The summed E-state index contributed by atoms with van der Waals surface area (Å²) >= 11 is 0. The summed E-state index contributed by atoms with van der Waals surface area (Å²) in [5.74, 6) is -2.32. The van der Waals surface area contributed by atoms with Crippen LogP contribution in [-0.2, 0) is 15.4 Å². The molecule has 0 radical (unpaired) electrons. The first kappa shape index (κ1) is 11.5. The van der Waals surface area contributed by atoms with Crippen LogP contribution in [0.4, 0.5) is 0 Å².